The Bertz CT molecular complexity index is 181. The summed E-state index contributed by atoms with van der Waals surface area (Å²) in [4.78, 5) is 11.7. The van der Waals surface area contributed by atoms with Gasteiger partial charge >= 0.3 is 0 Å². The first-order chi connectivity index (χ1) is 6.79. The summed E-state index contributed by atoms with van der Waals surface area (Å²) in [7, 11) is 0. The largest absolute Gasteiger partial charge is 0.300 e. The summed E-state index contributed by atoms with van der Waals surface area (Å²) in [6.07, 6.45) is 10.7. The van der Waals surface area contributed by atoms with Crippen LogP contribution in [0.2, 0.25) is 0 Å². The van der Waals surface area contributed by atoms with E-state index < -0.39 is 0 Å². The third-order valence-corrected chi connectivity index (χ3v) is 4.28. The molecule has 0 bridgehead atoms. The number of Topliss-reactive ketones (excluding diaryl/α,β-unsaturated/α-hetero) is 1. The van der Waals surface area contributed by atoms with Crippen LogP contribution in [0.15, 0.2) is 0 Å². The average Bonchev–Trinajstić information content (AvgIpc) is 2.75. The molecule has 0 aliphatic heterocycles. The van der Waals surface area contributed by atoms with Crippen molar-refractivity contribution in [3.05, 3.63) is 0 Å². The number of hydrogen-bond acceptors (Lipinski definition) is 1. The van der Waals surface area contributed by atoms with Crippen LogP contribution in [0.5, 0.6) is 0 Å². The maximum atomic E-state index is 11.7. The molecule has 0 atom stereocenters. The topological polar surface area (TPSA) is 17.1 Å². The quantitative estimate of drug-likeness (QED) is 0.671. The molecule has 2 aliphatic carbocycles. The lowest BCUT2D eigenvalue weighted by molar-refractivity contribution is -0.124. The van der Waals surface area contributed by atoms with Gasteiger partial charge in [0.15, 0.2) is 0 Å². The van der Waals surface area contributed by atoms with E-state index in [1.165, 1.54) is 51.4 Å². The van der Waals surface area contributed by atoms with Crippen LogP contribution in [0.4, 0.5) is 0 Å². The Hall–Kier alpha value is -0.330. The Morgan fingerprint density at radius 2 is 1.29 bits per heavy atom. The molecule has 0 amide bonds. The first-order valence-electron chi connectivity index (χ1n) is 6.29. The van der Waals surface area contributed by atoms with Crippen molar-refractivity contribution in [3.8, 4) is 0 Å². The number of rotatable bonds is 3. The highest BCUT2D eigenvalue weighted by molar-refractivity contribution is 5.79. The lowest BCUT2D eigenvalue weighted by atomic mass is 9.77. The first kappa shape index (κ1) is 10.2. The Morgan fingerprint density at radius 3 is 1.57 bits per heavy atom. The molecule has 0 heterocycles. The van der Waals surface area contributed by atoms with E-state index in [4.69, 9.17) is 0 Å². The number of hydrogen-bond donors (Lipinski definition) is 0. The van der Waals surface area contributed by atoms with E-state index in [1.54, 1.807) is 0 Å². The van der Waals surface area contributed by atoms with Crippen molar-refractivity contribution >= 4 is 5.78 Å². The smallest absolute Gasteiger partial charge is 0.133 e. The van der Waals surface area contributed by atoms with Crippen molar-refractivity contribution in [2.75, 3.05) is 0 Å². The maximum absolute atomic E-state index is 11.7. The molecule has 2 saturated carbocycles. The zero-order valence-corrected chi connectivity index (χ0v) is 9.30. The van der Waals surface area contributed by atoms with Crippen molar-refractivity contribution < 1.29 is 4.79 Å². The van der Waals surface area contributed by atoms with Crippen LogP contribution in [-0.4, -0.2) is 5.78 Å². The highest BCUT2D eigenvalue weighted by atomic mass is 16.1. The molecule has 0 aromatic heterocycles. The van der Waals surface area contributed by atoms with Crippen LogP contribution in [-0.2, 0) is 4.79 Å². The first-order valence-corrected chi connectivity index (χ1v) is 6.29. The van der Waals surface area contributed by atoms with Gasteiger partial charge in [-0.1, -0.05) is 25.7 Å². The molecule has 0 saturated heterocycles. The monoisotopic (exact) mass is 194 g/mol. The van der Waals surface area contributed by atoms with Gasteiger partial charge in [-0.3, -0.25) is 4.79 Å². The zero-order chi connectivity index (χ0) is 9.97. The molecule has 80 valence electrons. The van der Waals surface area contributed by atoms with Gasteiger partial charge in [0.05, 0.1) is 0 Å². The highest BCUT2D eigenvalue weighted by Gasteiger charge is 2.35. The van der Waals surface area contributed by atoms with Crippen molar-refractivity contribution in [3.63, 3.8) is 0 Å². The standard InChI is InChI=1S/C13H22O/c1-10(14)13(11-6-2-3-7-11)12-8-4-5-9-12/h11-13H,2-9H2,1H3. The van der Waals surface area contributed by atoms with Gasteiger partial charge in [0.25, 0.3) is 0 Å². The molecule has 0 aromatic carbocycles. The van der Waals surface area contributed by atoms with Crippen molar-refractivity contribution in [1.82, 2.24) is 0 Å². The van der Waals surface area contributed by atoms with E-state index in [-0.39, 0.29) is 0 Å². The van der Waals surface area contributed by atoms with Crippen LogP contribution in [0.1, 0.15) is 58.3 Å². The average molecular weight is 194 g/mol. The third-order valence-electron chi connectivity index (χ3n) is 4.28. The lowest BCUT2D eigenvalue weighted by Gasteiger charge is -2.26. The van der Waals surface area contributed by atoms with E-state index >= 15 is 0 Å². The summed E-state index contributed by atoms with van der Waals surface area (Å²) >= 11 is 0. The Balaban J connectivity index is 2.02. The molecule has 0 N–H and O–H groups in total. The fourth-order valence-corrected chi connectivity index (χ4v) is 3.68. The molecule has 1 heteroatoms. The minimum Gasteiger partial charge on any atom is -0.300 e. The van der Waals surface area contributed by atoms with Gasteiger partial charge in [0.2, 0.25) is 0 Å². The fraction of sp³-hybridized carbons (Fsp3) is 0.923. The predicted octanol–water partition coefficient (Wildman–Crippen LogP) is 3.57. The minimum absolute atomic E-state index is 0.431. The molecule has 2 aliphatic rings. The molecule has 1 nitrogen and oxygen atoms in total. The molecule has 0 spiro atoms. The van der Waals surface area contributed by atoms with Gasteiger partial charge in [-0.25, -0.2) is 0 Å². The van der Waals surface area contributed by atoms with Gasteiger partial charge in [0.1, 0.15) is 5.78 Å². The minimum atomic E-state index is 0.431. The second-order valence-corrected chi connectivity index (χ2v) is 5.23. The normalized spacial score (nSPS) is 25.0. The molecule has 2 fully saturated rings. The molecule has 0 aromatic rings. The van der Waals surface area contributed by atoms with Crippen LogP contribution >= 0.6 is 0 Å². The van der Waals surface area contributed by atoms with E-state index in [2.05, 4.69) is 0 Å². The second-order valence-electron chi connectivity index (χ2n) is 5.23. The van der Waals surface area contributed by atoms with Gasteiger partial charge in [-0.2, -0.15) is 0 Å². The van der Waals surface area contributed by atoms with E-state index in [1.807, 2.05) is 6.92 Å². The SMILES string of the molecule is CC(=O)C(C1CCCC1)C1CCCC1. The van der Waals surface area contributed by atoms with Gasteiger partial charge < -0.3 is 0 Å². The summed E-state index contributed by atoms with van der Waals surface area (Å²) in [5, 5.41) is 0. The molecule has 0 radical (unpaired) electrons. The molecular formula is C13H22O. The number of carbonyl (C=O) groups is 1. The summed E-state index contributed by atoms with van der Waals surface area (Å²) in [6.45, 7) is 1.82. The summed E-state index contributed by atoms with van der Waals surface area (Å²) < 4.78 is 0. The van der Waals surface area contributed by atoms with Gasteiger partial charge in [-0.15, -0.1) is 0 Å². The highest BCUT2D eigenvalue weighted by Crippen LogP contribution is 2.41. The van der Waals surface area contributed by atoms with Gasteiger partial charge in [-0.05, 0) is 44.4 Å². The fourth-order valence-electron chi connectivity index (χ4n) is 3.68. The Labute approximate surface area is 87.3 Å². The summed E-state index contributed by atoms with van der Waals surface area (Å²) in [5.74, 6) is 2.40. The third kappa shape index (κ3) is 2.02. The van der Waals surface area contributed by atoms with Gasteiger partial charge in [0, 0.05) is 5.92 Å². The summed E-state index contributed by atoms with van der Waals surface area (Å²) in [5.41, 5.74) is 0. The van der Waals surface area contributed by atoms with Crippen LogP contribution < -0.4 is 0 Å². The van der Waals surface area contributed by atoms with Crippen LogP contribution in [0.3, 0.4) is 0 Å². The Morgan fingerprint density at radius 1 is 0.929 bits per heavy atom. The Kier molecular flexibility index (Phi) is 3.25. The van der Waals surface area contributed by atoms with Crippen LogP contribution in [0, 0.1) is 17.8 Å². The van der Waals surface area contributed by atoms with Crippen molar-refractivity contribution in [1.29, 1.82) is 0 Å². The molecule has 0 unspecified atom stereocenters. The van der Waals surface area contributed by atoms with E-state index in [0.717, 1.165) is 11.8 Å². The predicted molar refractivity (Wildman–Crippen MR) is 58.1 cm³/mol. The zero-order valence-electron chi connectivity index (χ0n) is 9.30. The second kappa shape index (κ2) is 4.46. The van der Waals surface area contributed by atoms with Crippen molar-refractivity contribution in [2.45, 2.75) is 58.3 Å². The number of ketones is 1. The number of carbonyl (C=O) groups excluding carboxylic acids is 1. The molecule has 2 rings (SSSR count). The van der Waals surface area contributed by atoms with Crippen LogP contribution in [0.25, 0.3) is 0 Å². The van der Waals surface area contributed by atoms with Crippen molar-refractivity contribution in [2.24, 2.45) is 17.8 Å². The molecular weight excluding hydrogens is 172 g/mol. The maximum Gasteiger partial charge on any atom is 0.133 e. The van der Waals surface area contributed by atoms with E-state index in [0.29, 0.717) is 11.7 Å². The van der Waals surface area contributed by atoms with E-state index in [9.17, 15) is 4.79 Å². The summed E-state index contributed by atoms with van der Waals surface area (Å²) in [6, 6.07) is 0. The molecule has 14 heavy (non-hydrogen) atoms. The lowest BCUT2D eigenvalue weighted by Crippen LogP contribution is -2.26.